The Hall–Kier alpha value is -0.930. The first kappa shape index (κ1) is 7.71. The molecule has 3 N–H and O–H groups in total. The summed E-state index contributed by atoms with van der Waals surface area (Å²) in [4.78, 5) is 0. The van der Waals surface area contributed by atoms with Gasteiger partial charge in [0.2, 0.25) is 0 Å². The van der Waals surface area contributed by atoms with E-state index in [0.717, 1.165) is 24.0 Å². The van der Waals surface area contributed by atoms with E-state index < -0.39 is 0 Å². The Bertz CT molecular complexity index is 299. The second-order valence-corrected chi connectivity index (χ2v) is 3.07. The van der Waals surface area contributed by atoms with Crippen LogP contribution in [-0.4, -0.2) is 0 Å². The van der Waals surface area contributed by atoms with Crippen LogP contribution in [0, 0.1) is 5.82 Å². The molecule has 0 spiro atoms. The standard InChI is InChI=1S/C9H11FN2/c10-8-3-1-2-7-6(8)4-5-9(7)12-11/h1-3,9,12H,4-5,11H2/t9-/m0/s1. The highest BCUT2D eigenvalue weighted by Crippen LogP contribution is 2.31. The molecule has 64 valence electrons. The van der Waals surface area contributed by atoms with Crippen molar-refractivity contribution in [3.05, 3.63) is 35.1 Å². The van der Waals surface area contributed by atoms with Gasteiger partial charge in [-0.25, -0.2) is 4.39 Å². The number of nitrogens with one attached hydrogen (secondary N) is 1. The van der Waals surface area contributed by atoms with Crippen LogP contribution in [0.2, 0.25) is 0 Å². The highest BCUT2D eigenvalue weighted by molar-refractivity contribution is 5.35. The van der Waals surface area contributed by atoms with Crippen molar-refractivity contribution in [3.63, 3.8) is 0 Å². The van der Waals surface area contributed by atoms with Crippen LogP contribution in [0.15, 0.2) is 18.2 Å². The zero-order chi connectivity index (χ0) is 8.55. The summed E-state index contributed by atoms with van der Waals surface area (Å²) in [5.41, 5.74) is 4.51. The van der Waals surface area contributed by atoms with Crippen LogP contribution in [0.25, 0.3) is 0 Å². The first-order valence-corrected chi connectivity index (χ1v) is 4.06. The summed E-state index contributed by atoms with van der Waals surface area (Å²) < 4.78 is 13.1. The molecule has 1 aromatic carbocycles. The lowest BCUT2D eigenvalue weighted by molar-refractivity contribution is 0.551. The minimum absolute atomic E-state index is 0.106. The first-order chi connectivity index (χ1) is 5.83. The van der Waals surface area contributed by atoms with Crippen molar-refractivity contribution in [2.75, 3.05) is 0 Å². The third kappa shape index (κ3) is 1.02. The van der Waals surface area contributed by atoms with E-state index in [1.165, 1.54) is 6.07 Å². The molecule has 0 saturated heterocycles. The summed E-state index contributed by atoms with van der Waals surface area (Å²) in [6, 6.07) is 5.29. The smallest absolute Gasteiger partial charge is 0.126 e. The predicted molar refractivity (Wildman–Crippen MR) is 44.8 cm³/mol. The third-order valence-electron chi connectivity index (χ3n) is 2.41. The van der Waals surface area contributed by atoms with E-state index in [4.69, 9.17) is 5.84 Å². The van der Waals surface area contributed by atoms with Crippen LogP contribution in [0.5, 0.6) is 0 Å². The van der Waals surface area contributed by atoms with Gasteiger partial charge in [-0.15, -0.1) is 0 Å². The second-order valence-electron chi connectivity index (χ2n) is 3.07. The Morgan fingerprint density at radius 3 is 3.08 bits per heavy atom. The largest absolute Gasteiger partial charge is 0.271 e. The molecule has 0 aromatic heterocycles. The van der Waals surface area contributed by atoms with Gasteiger partial charge in [-0.1, -0.05) is 12.1 Å². The summed E-state index contributed by atoms with van der Waals surface area (Å²) in [6.45, 7) is 0. The monoisotopic (exact) mass is 166 g/mol. The van der Waals surface area contributed by atoms with E-state index in [2.05, 4.69) is 5.43 Å². The Labute approximate surface area is 70.5 Å². The SMILES string of the molecule is NN[C@H]1CCc2c(F)cccc21. The van der Waals surface area contributed by atoms with E-state index in [9.17, 15) is 4.39 Å². The lowest BCUT2D eigenvalue weighted by atomic mass is 10.1. The molecule has 12 heavy (non-hydrogen) atoms. The van der Waals surface area contributed by atoms with Crippen molar-refractivity contribution in [3.8, 4) is 0 Å². The maximum absolute atomic E-state index is 13.1. The van der Waals surface area contributed by atoms with Gasteiger partial charge in [0.25, 0.3) is 0 Å². The summed E-state index contributed by atoms with van der Waals surface area (Å²) in [7, 11) is 0. The van der Waals surface area contributed by atoms with Crippen molar-refractivity contribution < 1.29 is 4.39 Å². The maximum atomic E-state index is 13.1. The fraction of sp³-hybridized carbons (Fsp3) is 0.333. The number of hydrogen-bond donors (Lipinski definition) is 2. The van der Waals surface area contributed by atoms with Crippen molar-refractivity contribution in [1.82, 2.24) is 5.43 Å². The van der Waals surface area contributed by atoms with Crippen LogP contribution in [-0.2, 0) is 6.42 Å². The van der Waals surface area contributed by atoms with Crippen LogP contribution in [0.4, 0.5) is 4.39 Å². The molecule has 2 rings (SSSR count). The van der Waals surface area contributed by atoms with Crippen molar-refractivity contribution >= 4 is 0 Å². The normalized spacial score (nSPS) is 21.0. The Morgan fingerprint density at radius 2 is 2.33 bits per heavy atom. The van der Waals surface area contributed by atoms with Gasteiger partial charge in [0.15, 0.2) is 0 Å². The summed E-state index contributed by atoms with van der Waals surface area (Å²) in [5, 5.41) is 0. The van der Waals surface area contributed by atoms with Gasteiger partial charge in [0.05, 0.1) is 0 Å². The molecule has 1 aliphatic carbocycles. The average Bonchev–Trinajstić information content (AvgIpc) is 2.49. The molecular weight excluding hydrogens is 155 g/mol. The van der Waals surface area contributed by atoms with Crippen LogP contribution in [0.1, 0.15) is 23.6 Å². The molecule has 0 radical (unpaired) electrons. The summed E-state index contributed by atoms with van der Waals surface area (Å²) in [6.07, 6.45) is 1.68. The first-order valence-electron chi connectivity index (χ1n) is 4.06. The van der Waals surface area contributed by atoms with Gasteiger partial charge >= 0.3 is 0 Å². The zero-order valence-electron chi connectivity index (χ0n) is 6.68. The molecule has 0 amide bonds. The molecule has 3 heteroatoms. The highest BCUT2D eigenvalue weighted by Gasteiger charge is 2.23. The number of rotatable bonds is 1. The Kier molecular flexibility index (Phi) is 1.83. The molecule has 1 aliphatic rings. The minimum atomic E-state index is -0.106. The Morgan fingerprint density at radius 1 is 1.50 bits per heavy atom. The lowest BCUT2D eigenvalue weighted by Crippen LogP contribution is -2.26. The highest BCUT2D eigenvalue weighted by atomic mass is 19.1. The third-order valence-corrected chi connectivity index (χ3v) is 2.41. The predicted octanol–water partition coefficient (Wildman–Crippen LogP) is 1.28. The van der Waals surface area contributed by atoms with E-state index in [-0.39, 0.29) is 11.9 Å². The van der Waals surface area contributed by atoms with Crippen LogP contribution < -0.4 is 11.3 Å². The molecule has 0 aliphatic heterocycles. The van der Waals surface area contributed by atoms with E-state index in [1.807, 2.05) is 6.07 Å². The number of nitrogens with two attached hydrogens (primary N) is 1. The van der Waals surface area contributed by atoms with Crippen LogP contribution in [0.3, 0.4) is 0 Å². The van der Waals surface area contributed by atoms with Crippen molar-refractivity contribution in [2.45, 2.75) is 18.9 Å². The molecule has 1 atom stereocenters. The molecule has 2 nitrogen and oxygen atoms in total. The number of hydrogen-bond acceptors (Lipinski definition) is 2. The summed E-state index contributed by atoms with van der Waals surface area (Å²) >= 11 is 0. The van der Waals surface area contributed by atoms with E-state index >= 15 is 0 Å². The molecule has 1 aromatic rings. The van der Waals surface area contributed by atoms with Gasteiger partial charge in [-0.2, -0.15) is 0 Å². The van der Waals surface area contributed by atoms with Gasteiger partial charge in [0, 0.05) is 6.04 Å². The number of halogens is 1. The van der Waals surface area contributed by atoms with Crippen LogP contribution >= 0.6 is 0 Å². The quantitative estimate of drug-likeness (QED) is 0.487. The number of hydrazine groups is 1. The van der Waals surface area contributed by atoms with Gasteiger partial charge in [-0.3, -0.25) is 11.3 Å². The maximum Gasteiger partial charge on any atom is 0.126 e. The molecule has 0 bridgehead atoms. The van der Waals surface area contributed by atoms with Crippen molar-refractivity contribution in [2.24, 2.45) is 5.84 Å². The molecule has 0 unspecified atom stereocenters. The fourth-order valence-corrected chi connectivity index (χ4v) is 1.78. The molecular formula is C9H11FN2. The minimum Gasteiger partial charge on any atom is -0.271 e. The summed E-state index contributed by atoms with van der Waals surface area (Å²) in [5.74, 6) is 5.22. The average molecular weight is 166 g/mol. The van der Waals surface area contributed by atoms with E-state index in [0.29, 0.717) is 0 Å². The molecule has 0 fully saturated rings. The second kappa shape index (κ2) is 2.84. The molecule has 0 heterocycles. The zero-order valence-corrected chi connectivity index (χ0v) is 6.68. The van der Waals surface area contributed by atoms with Gasteiger partial charge in [0.1, 0.15) is 5.82 Å². The van der Waals surface area contributed by atoms with E-state index in [1.54, 1.807) is 6.07 Å². The lowest BCUT2D eigenvalue weighted by Gasteiger charge is -2.08. The number of fused-ring (bicyclic) bond motifs is 1. The molecule has 0 saturated carbocycles. The topological polar surface area (TPSA) is 38.0 Å². The van der Waals surface area contributed by atoms with Gasteiger partial charge < -0.3 is 0 Å². The number of benzene rings is 1. The van der Waals surface area contributed by atoms with Crippen molar-refractivity contribution in [1.29, 1.82) is 0 Å². The Balaban J connectivity index is 2.46. The van der Waals surface area contributed by atoms with Gasteiger partial charge in [-0.05, 0) is 30.0 Å². The fourth-order valence-electron chi connectivity index (χ4n) is 1.78.